The Morgan fingerprint density at radius 3 is 0.815 bits per heavy atom. The third-order valence-electron chi connectivity index (χ3n) is 7.66. The van der Waals surface area contributed by atoms with Crippen LogP contribution in [-0.2, 0) is 9.59 Å². The lowest BCUT2D eigenvalue weighted by molar-refractivity contribution is -0.193. The fourth-order valence-corrected chi connectivity index (χ4v) is 4.57. The number of carboxylic acid groups (broad SMARTS) is 2. The van der Waals surface area contributed by atoms with E-state index in [-0.39, 0.29) is 0 Å². The molecule has 0 aliphatic rings. The van der Waals surface area contributed by atoms with Gasteiger partial charge in [0.15, 0.2) is 0 Å². The van der Waals surface area contributed by atoms with Crippen LogP contribution in [0.25, 0.3) is 0 Å². The van der Waals surface area contributed by atoms with Crippen LogP contribution in [0.5, 0.6) is 0 Å². The van der Waals surface area contributed by atoms with Crippen molar-refractivity contribution in [2.24, 2.45) is 0 Å². The number of hydrogen-bond donors (Lipinski definition) is 2. The zero-order chi connectivity index (χ0) is 40.6. The lowest BCUT2D eigenvalue weighted by atomic mass is 10.1. The zero-order valence-corrected chi connectivity index (χ0v) is 31.3. The molecule has 2 N–H and O–H groups in total. The van der Waals surface area contributed by atoms with Crippen molar-refractivity contribution in [2.45, 2.75) is 91.4 Å². The molecule has 0 aliphatic heterocycles. The molecule has 54 heavy (non-hydrogen) atoms. The van der Waals surface area contributed by atoms with Crippen LogP contribution in [0.15, 0.2) is 72.8 Å². The number of alkyl halides is 6. The maximum atomic E-state index is 10.6. The monoisotopic (exact) mass is 760 g/mol. The van der Waals surface area contributed by atoms with Gasteiger partial charge in [-0.2, -0.15) is 26.3 Å². The van der Waals surface area contributed by atoms with E-state index in [1.807, 2.05) is 0 Å². The summed E-state index contributed by atoms with van der Waals surface area (Å²) in [7, 11) is 0. The Hall–Kier alpha value is -5.10. The topological polar surface area (TPSA) is 81.1 Å². The van der Waals surface area contributed by atoms with Gasteiger partial charge in [0.25, 0.3) is 0 Å². The number of rotatable bonds is 14. The number of hydrogen-bond acceptors (Lipinski definition) is 4. The van der Waals surface area contributed by atoms with Gasteiger partial charge in [-0.05, 0) is 98.5 Å². The van der Waals surface area contributed by atoms with Gasteiger partial charge in [-0.3, -0.25) is 0 Å². The second-order valence-corrected chi connectivity index (χ2v) is 12.2. The summed E-state index contributed by atoms with van der Waals surface area (Å²) in [5.74, 6) is 7.75. The van der Waals surface area contributed by atoms with E-state index in [4.69, 9.17) is 19.8 Å². The molecule has 3 rings (SSSR count). The largest absolute Gasteiger partial charge is 0.490 e. The van der Waals surface area contributed by atoms with Gasteiger partial charge in [-0.15, -0.1) is 0 Å². The molecule has 294 valence electrons. The van der Waals surface area contributed by atoms with E-state index in [1.54, 1.807) is 0 Å². The molecule has 0 unspecified atom stereocenters. The standard InChI is InChI=1S/C38H48N2.2C2HF3O2/c1-5-9-29-39(30-10-6-2)37-25-21-35(22-26-37)19-17-33-13-15-34(16-14-33)18-20-36-23-27-38(28-24-36)40(31-11-7-3)32-12-8-4;2*3-2(4,5)1(6)7/h13-16,21-28H,5-12,29-32H2,1-4H3;2*(H,6,7). The van der Waals surface area contributed by atoms with E-state index in [2.05, 4.69) is 134 Å². The van der Waals surface area contributed by atoms with Crippen molar-refractivity contribution in [1.82, 2.24) is 0 Å². The highest BCUT2D eigenvalue weighted by Gasteiger charge is 2.38. The fourth-order valence-electron chi connectivity index (χ4n) is 4.57. The van der Waals surface area contributed by atoms with Crippen LogP contribution in [-0.4, -0.2) is 60.7 Å². The highest BCUT2D eigenvalue weighted by atomic mass is 19.4. The molecule has 0 bridgehead atoms. The van der Waals surface area contributed by atoms with E-state index in [1.165, 1.54) is 62.7 Å². The van der Waals surface area contributed by atoms with E-state index in [0.29, 0.717) is 0 Å². The van der Waals surface area contributed by atoms with Crippen LogP contribution >= 0.6 is 0 Å². The number of carbonyl (C=O) groups is 2. The van der Waals surface area contributed by atoms with Crippen molar-refractivity contribution in [3.05, 3.63) is 95.1 Å². The fraction of sp³-hybridized carbons (Fsp3) is 0.429. The summed E-state index contributed by atoms with van der Waals surface area (Å²) in [6.45, 7) is 13.5. The Balaban J connectivity index is 0.000000879. The first-order chi connectivity index (χ1) is 25.5. The minimum absolute atomic E-state index is 1.01. The molecule has 0 amide bonds. The van der Waals surface area contributed by atoms with Crippen LogP contribution in [0.2, 0.25) is 0 Å². The maximum absolute atomic E-state index is 10.6. The van der Waals surface area contributed by atoms with Crippen LogP contribution in [0.3, 0.4) is 0 Å². The number of nitrogens with zero attached hydrogens (tertiary/aromatic N) is 2. The van der Waals surface area contributed by atoms with Gasteiger partial charge in [0, 0.05) is 59.8 Å². The summed E-state index contributed by atoms with van der Waals surface area (Å²) >= 11 is 0. The van der Waals surface area contributed by atoms with Gasteiger partial charge in [-0.1, -0.05) is 77.1 Å². The first-order valence-corrected chi connectivity index (χ1v) is 18.0. The average Bonchev–Trinajstić information content (AvgIpc) is 3.14. The van der Waals surface area contributed by atoms with E-state index in [9.17, 15) is 26.3 Å². The summed E-state index contributed by atoms with van der Waals surface area (Å²) in [6.07, 6.45) is -0.350. The predicted molar refractivity (Wildman–Crippen MR) is 203 cm³/mol. The molecule has 0 atom stereocenters. The molecular formula is C42H50F6N2O4. The first kappa shape index (κ1) is 46.9. The quantitative estimate of drug-likeness (QED) is 0.126. The van der Waals surface area contributed by atoms with Crippen LogP contribution < -0.4 is 9.80 Å². The molecule has 0 aromatic heterocycles. The van der Waals surface area contributed by atoms with Gasteiger partial charge in [0.05, 0.1) is 0 Å². The lowest BCUT2D eigenvalue weighted by Gasteiger charge is -2.24. The maximum Gasteiger partial charge on any atom is 0.490 e. The lowest BCUT2D eigenvalue weighted by Crippen LogP contribution is -2.25. The molecule has 0 saturated carbocycles. The summed E-state index contributed by atoms with van der Waals surface area (Å²) in [5.41, 5.74) is 6.71. The van der Waals surface area contributed by atoms with Gasteiger partial charge in [0.2, 0.25) is 0 Å². The van der Waals surface area contributed by atoms with E-state index < -0.39 is 24.3 Å². The summed E-state index contributed by atoms with van der Waals surface area (Å²) in [4.78, 5) is 22.8. The van der Waals surface area contributed by atoms with Crippen molar-refractivity contribution in [3.8, 4) is 23.7 Å². The molecule has 0 spiro atoms. The summed E-state index contributed by atoms with van der Waals surface area (Å²) in [6, 6.07) is 25.7. The van der Waals surface area contributed by atoms with Gasteiger partial charge >= 0.3 is 24.3 Å². The number of unbranched alkanes of at least 4 members (excludes halogenated alkanes) is 4. The highest BCUT2D eigenvalue weighted by Crippen LogP contribution is 2.19. The van der Waals surface area contributed by atoms with Crippen molar-refractivity contribution in [2.75, 3.05) is 36.0 Å². The molecule has 0 heterocycles. The molecule has 0 aliphatic carbocycles. The van der Waals surface area contributed by atoms with Crippen LogP contribution in [0, 0.1) is 23.7 Å². The smallest absolute Gasteiger partial charge is 0.475 e. The van der Waals surface area contributed by atoms with Gasteiger partial charge < -0.3 is 20.0 Å². The molecule has 3 aromatic rings. The molecule has 0 radical (unpaired) electrons. The Morgan fingerprint density at radius 2 is 0.648 bits per heavy atom. The van der Waals surface area contributed by atoms with Crippen molar-refractivity contribution >= 4 is 23.3 Å². The van der Waals surface area contributed by atoms with Crippen molar-refractivity contribution in [1.29, 1.82) is 0 Å². The van der Waals surface area contributed by atoms with Gasteiger partial charge in [0.1, 0.15) is 0 Å². The normalized spacial score (nSPS) is 10.6. The Kier molecular flexibility index (Phi) is 21.7. The number of aliphatic carboxylic acids is 2. The minimum Gasteiger partial charge on any atom is -0.475 e. The predicted octanol–water partition coefficient (Wildman–Crippen LogP) is 10.6. The highest BCUT2D eigenvalue weighted by molar-refractivity contribution is 5.73. The van der Waals surface area contributed by atoms with Crippen LogP contribution in [0.1, 0.15) is 101 Å². The molecule has 6 nitrogen and oxygen atoms in total. The molecule has 0 saturated heterocycles. The third-order valence-corrected chi connectivity index (χ3v) is 7.66. The molecule has 3 aromatic carbocycles. The number of carboxylic acids is 2. The average molecular weight is 761 g/mol. The third kappa shape index (κ3) is 19.7. The van der Waals surface area contributed by atoms with E-state index >= 15 is 0 Å². The Morgan fingerprint density at radius 1 is 0.463 bits per heavy atom. The molecular weight excluding hydrogens is 710 g/mol. The Bertz CT molecular complexity index is 1510. The molecule has 0 fully saturated rings. The van der Waals surface area contributed by atoms with Crippen molar-refractivity contribution in [3.63, 3.8) is 0 Å². The molecule has 12 heteroatoms. The summed E-state index contributed by atoms with van der Waals surface area (Å²) in [5, 5.41) is 14.2. The van der Waals surface area contributed by atoms with Crippen LogP contribution in [0.4, 0.5) is 37.7 Å². The SMILES string of the molecule is CCCCN(CCCC)c1ccc(C#Cc2ccc(C#Cc3ccc(N(CCCC)CCCC)cc3)cc2)cc1.O=C(O)C(F)(F)F.O=C(O)C(F)(F)F. The second kappa shape index (κ2) is 25.0. The second-order valence-electron chi connectivity index (χ2n) is 12.2. The van der Waals surface area contributed by atoms with Gasteiger partial charge in [-0.25, -0.2) is 9.59 Å². The van der Waals surface area contributed by atoms with E-state index in [0.717, 1.165) is 48.4 Å². The number of benzene rings is 3. The number of halogens is 6. The first-order valence-electron chi connectivity index (χ1n) is 18.0. The zero-order valence-electron chi connectivity index (χ0n) is 31.3. The number of anilines is 2. The summed E-state index contributed by atoms with van der Waals surface area (Å²) < 4.78 is 63.5. The van der Waals surface area contributed by atoms with Crippen molar-refractivity contribution < 1.29 is 46.1 Å². The minimum atomic E-state index is -5.08. The Labute approximate surface area is 315 Å².